The molecule has 2 aromatic carbocycles. The average molecular weight is 376 g/mol. The molecule has 6 nitrogen and oxygen atoms in total. The lowest BCUT2D eigenvalue weighted by Crippen LogP contribution is -2.49. The Morgan fingerprint density at radius 1 is 0.893 bits per heavy atom. The van der Waals surface area contributed by atoms with Gasteiger partial charge in [-0.05, 0) is 29.3 Å². The van der Waals surface area contributed by atoms with Gasteiger partial charge in [-0.15, -0.1) is 0 Å². The Morgan fingerprint density at radius 2 is 1.64 bits per heavy atom. The third-order valence-electron chi connectivity index (χ3n) is 4.92. The minimum absolute atomic E-state index is 0.0513. The van der Waals surface area contributed by atoms with E-state index in [9.17, 15) is 4.79 Å². The van der Waals surface area contributed by atoms with Crippen LogP contribution >= 0.6 is 0 Å². The van der Waals surface area contributed by atoms with Crippen LogP contribution in [-0.2, 0) is 13.2 Å². The molecule has 0 bridgehead atoms. The maximum absolute atomic E-state index is 12.3. The summed E-state index contributed by atoms with van der Waals surface area (Å²) < 4.78 is 7.24. The van der Waals surface area contributed by atoms with E-state index in [2.05, 4.69) is 34.3 Å². The SMILES string of the molecule is O=C(N1CCN(Cc2ccc(OCc3ccccc3)cc2)CC1)n1cccn1. The lowest BCUT2D eigenvalue weighted by molar-refractivity contribution is 0.134. The van der Waals surface area contributed by atoms with Crippen LogP contribution in [0.1, 0.15) is 11.1 Å². The highest BCUT2D eigenvalue weighted by Crippen LogP contribution is 2.16. The number of amides is 1. The molecule has 144 valence electrons. The van der Waals surface area contributed by atoms with Gasteiger partial charge in [0.25, 0.3) is 0 Å². The van der Waals surface area contributed by atoms with E-state index >= 15 is 0 Å². The van der Waals surface area contributed by atoms with Crippen LogP contribution in [0.3, 0.4) is 0 Å². The van der Waals surface area contributed by atoms with E-state index in [1.807, 2.05) is 35.2 Å². The Morgan fingerprint density at radius 3 is 2.32 bits per heavy atom. The van der Waals surface area contributed by atoms with E-state index in [-0.39, 0.29) is 6.03 Å². The zero-order valence-electron chi connectivity index (χ0n) is 15.8. The summed E-state index contributed by atoms with van der Waals surface area (Å²) in [7, 11) is 0. The van der Waals surface area contributed by atoms with E-state index in [1.165, 1.54) is 10.2 Å². The van der Waals surface area contributed by atoms with Gasteiger partial charge in [-0.25, -0.2) is 4.79 Å². The lowest BCUT2D eigenvalue weighted by Gasteiger charge is -2.34. The molecule has 1 amide bonds. The molecule has 1 aromatic heterocycles. The van der Waals surface area contributed by atoms with Gasteiger partial charge >= 0.3 is 6.03 Å². The van der Waals surface area contributed by atoms with Crippen molar-refractivity contribution in [1.29, 1.82) is 0 Å². The number of rotatable bonds is 5. The first kappa shape index (κ1) is 18.3. The highest BCUT2D eigenvalue weighted by Gasteiger charge is 2.22. The summed E-state index contributed by atoms with van der Waals surface area (Å²) in [5.74, 6) is 0.877. The first-order valence-corrected chi connectivity index (χ1v) is 9.55. The second-order valence-electron chi connectivity index (χ2n) is 6.91. The van der Waals surface area contributed by atoms with Gasteiger partial charge in [0.1, 0.15) is 12.4 Å². The summed E-state index contributed by atoms with van der Waals surface area (Å²) >= 11 is 0. The van der Waals surface area contributed by atoms with Crippen molar-refractivity contribution in [3.8, 4) is 5.75 Å². The molecule has 4 rings (SSSR count). The topological polar surface area (TPSA) is 50.6 Å². The quantitative estimate of drug-likeness (QED) is 0.686. The van der Waals surface area contributed by atoms with E-state index < -0.39 is 0 Å². The van der Waals surface area contributed by atoms with Crippen molar-refractivity contribution in [1.82, 2.24) is 19.6 Å². The van der Waals surface area contributed by atoms with Crippen LogP contribution < -0.4 is 4.74 Å². The minimum atomic E-state index is -0.0513. The van der Waals surface area contributed by atoms with Crippen LogP contribution in [0.4, 0.5) is 4.79 Å². The molecule has 1 fully saturated rings. The van der Waals surface area contributed by atoms with E-state index in [0.717, 1.165) is 44.0 Å². The van der Waals surface area contributed by atoms with Gasteiger partial charge in [-0.1, -0.05) is 42.5 Å². The predicted octanol–water partition coefficient (Wildman–Crippen LogP) is 3.25. The second-order valence-corrected chi connectivity index (χ2v) is 6.91. The summed E-state index contributed by atoms with van der Waals surface area (Å²) in [5.41, 5.74) is 2.41. The first-order chi connectivity index (χ1) is 13.8. The molecule has 1 saturated heterocycles. The fourth-order valence-corrected chi connectivity index (χ4v) is 3.31. The van der Waals surface area contributed by atoms with Crippen LogP contribution in [0.5, 0.6) is 5.75 Å². The summed E-state index contributed by atoms with van der Waals surface area (Å²) in [6, 6.07) is 20.1. The van der Waals surface area contributed by atoms with E-state index in [4.69, 9.17) is 4.74 Å². The number of piperazine rings is 1. The average Bonchev–Trinajstić information content (AvgIpc) is 3.29. The molecule has 6 heteroatoms. The van der Waals surface area contributed by atoms with Crippen LogP contribution in [0.15, 0.2) is 73.1 Å². The fourth-order valence-electron chi connectivity index (χ4n) is 3.31. The molecule has 1 aliphatic heterocycles. The molecule has 2 heterocycles. The molecule has 0 atom stereocenters. The molecule has 0 spiro atoms. The number of carbonyl (C=O) groups excluding carboxylic acids is 1. The molecular weight excluding hydrogens is 352 g/mol. The summed E-state index contributed by atoms with van der Waals surface area (Å²) in [6.45, 7) is 4.61. The van der Waals surface area contributed by atoms with E-state index in [1.54, 1.807) is 18.5 Å². The fraction of sp³-hybridized carbons (Fsp3) is 0.273. The molecule has 0 saturated carbocycles. The van der Waals surface area contributed by atoms with Crippen LogP contribution in [0.25, 0.3) is 0 Å². The smallest absolute Gasteiger partial charge is 0.344 e. The summed E-state index contributed by atoms with van der Waals surface area (Å²) in [4.78, 5) is 16.5. The lowest BCUT2D eigenvalue weighted by atomic mass is 10.2. The number of carbonyl (C=O) groups is 1. The highest BCUT2D eigenvalue weighted by molar-refractivity contribution is 5.75. The van der Waals surface area contributed by atoms with Crippen molar-refractivity contribution in [2.45, 2.75) is 13.2 Å². The standard InChI is InChI=1S/C22H24N4O2/c27-22(26-12-4-11-23-26)25-15-13-24(14-16-25)17-19-7-9-21(10-8-19)28-18-20-5-2-1-3-6-20/h1-12H,13-18H2. The zero-order chi connectivity index (χ0) is 19.2. The van der Waals surface area contributed by atoms with Gasteiger partial charge in [0.05, 0.1) is 0 Å². The van der Waals surface area contributed by atoms with Gasteiger partial charge in [0.15, 0.2) is 0 Å². The Kier molecular flexibility index (Phi) is 5.68. The predicted molar refractivity (Wildman–Crippen MR) is 107 cm³/mol. The Bertz CT molecular complexity index is 871. The highest BCUT2D eigenvalue weighted by atomic mass is 16.5. The van der Waals surface area contributed by atoms with Gasteiger partial charge in [-0.2, -0.15) is 9.78 Å². The third kappa shape index (κ3) is 4.58. The number of nitrogens with zero attached hydrogens (tertiary/aromatic N) is 4. The van der Waals surface area contributed by atoms with Gasteiger partial charge in [0.2, 0.25) is 0 Å². The molecular formula is C22H24N4O2. The molecule has 3 aromatic rings. The molecule has 0 unspecified atom stereocenters. The number of hydrogen-bond acceptors (Lipinski definition) is 4. The van der Waals surface area contributed by atoms with Gasteiger partial charge in [0, 0.05) is 45.1 Å². The van der Waals surface area contributed by atoms with Gasteiger partial charge < -0.3 is 9.64 Å². The molecule has 0 N–H and O–H groups in total. The minimum Gasteiger partial charge on any atom is -0.489 e. The van der Waals surface area contributed by atoms with Crippen LogP contribution in [0, 0.1) is 0 Å². The largest absolute Gasteiger partial charge is 0.489 e. The Balaban J connectivity index is 1.24. The first-order valence-electron chi connectivity index (χ1n) is 9.55. The van der Waals surface area contributed by atoms with Gasteiger partial charge in [-0.3, -0.25) is 4.90 Å². The molecule has 28 heavy (non-hydrogen) atoms. The second kappa shape index (κ2) is 8.71. The maximum atomic E-state index is 12.3. The Labute approximate surface area is 164 Å². The summed E-state index contributed by atoms with van der Waals surface area (Å²) in [5, 5.41) is 4.02. The number of aromatic nitrogens is 2. The monoisotopic (exact) mass is 376 g/mol. The molecule has 0 aliphatic carbocycles. The molecule has 1 aliphatic rings. The van der Waals surface area contributed by atoms with Crippen LogP contribution in [0.2, 0.25) is 0 Å². The van der Waals surface area contributed by atoms with E-state index in [0.29, 0.717) is 6.61 Å². The number of ether oxygens (including phenoxy) is 1. The van der Waals surface area contributed by atoms with Crippen molar-refractivity contribution < 1.29 is 9.53 Å². The van der Waals surface area contributed by atoms with Crippen molar-refractivity contribution in [2.75, 3.05) is 26.2 Å². The third-order valence-corrected chi connectivity index (χ3v) is 4.92. The van der Waals surface area contributed by atoms with Crippen molar-refractivity contribution in [2.24, 2.45) is 0 Å². The van der Waals surface area contributed by atoms with Crippen molar-refractivity contribution in [3.63, 3.8) is 0 Å². The van der Waals surface area contributed by atoms with Crippen LogP contribution in [-0.4, -0.2) is 51.8 Å². The summed E-state index contributed by atoms with van der Waals surface area (Å²) in [6.07, 6.45) is 3.32. The Hall–Kier alpha value is -3.12. The van der Waals surface area contributed by atoms with Crippen molar-refractivity contribution >= 4 is 6.03 Å². The maximum Gasteiger partial charge on any atom is 0.344 e. The number of hydrogen-bond donors (Lipinski definition) is 0. The molecule has 0 radical (unpaired) electrons. The zero-order valence-corrected chi connectivity index (χ0v) is 15.8. The van der Waals surface area contributed by atoms with Crippen molar-refractivity contribution in [3.05, 3.63) is 84.2 Å². The normalized spacial score (nSPS) is 14.8. The number of benzene rings is 2.